The van der Waals surface area contributed by atoms with Gasteiger partial charge in [-0.2, -0.15) is 0 Å². The lowest BCUT2D eigenvalue weighted by Crippen LogP contribution is -1.97. The highest BCUT2D eigenvalue weighted by Gasteiger charge is 1.93. The first-order valence-corrected chi connectivity index (χ1v) is 4.91. The summed E-state index contributed by atoms with van der Waals surface area (Å²) in [5, 5.41) is 0. The molecule has 0 radical (unpaired) electrons. The summed E-state index contributed by atoms with van der Waals surface area (Å²) < 4.78 is 0. The third-order valence-corrected chi connectivity index (χ3v) is 1.98. The Balaban J connectivity index is 2.49. The van der Waals surface area contributed by atoms with Crippen LogP contribution in [-0.4, -0.2) is 12.3 Å². The average molecular weight is 175 g/mol. The zero-order valence-corrected chi connectivity index (χ0v) is 8.40. The van der Waals surface area contributed by atoms with Crippen molar-refractivity contribution in [3.05, 3.63) is 35.9 Å². The molecule has 0 spiro atoms. The molecule has 1 nitrogen and oxygen atoms in total. The van der Waals surface area contributed by atoms with E-state index in [0.29, 0.717) is 6.04 Å². The highest BCUT2D eigenvalue weighted by molar-refractivity contribution is 5.79. The molecule has 1 unspecified atom stereocenters. The topological polar surface area (TPSA) is 12.4 Å². The Bertz CT molecular complexity index is 251. The van der Waals surface area contributed by atoms with E-state index in [4.69, 9.17) is 0 Å². The first-order chi connectivity index (χ1) is 6.33. The van der Waals surface area contributed by atoms with Gasteiger partial charge in [-0.25, -0.2) is 0 Å². The maximum absolute atomic E-state index is 4.46. The maximum Gasteiger partial charge on any atom is 0.0471 e. The predicted molar refractivity (Wildman–Crippen MR) is 58.4 cm³/mol. The minimum Gasteiger partial charge on any atom is -0.290 e. The molecule has 0 amide bonds. The summed E-state index contributed by atoms with van der Waals surface area (Å²) in [4.78, 5) is 4.46. The van der Waals surface area contributed by atoms with Crippen molar-refractivity contribution >= 4 is 6.21 Å². The zero-order valence-electron chi connectivity index (χ0n) is 8.40. The molecule has 1 aromatic carbocycles. The summed E-state index contributed by atoms with van der Waals surface area (Å²) in [7, 11) is 0. The number of benzene rings is 1. The summed E-state index contributed by atoms with van der Waals surface area (Å²) in [6.45, 7) is 4.34. The standard InChI is InChI=1S/C12H17N/c1-3-7-11(2)13-10-12-8-5-4-6-9-12/h4-6,8-11H,3,7H2,1-2H3. The van der Waals surface area contributed by atoms with Gasteiger partial charge in [0.15, 0.2) is 0 Å². The Kier molecular flexibility index (Phi) is 4.24. The molecule has 0 fully saturated rings. The molecule has 0 heterocycles. The van der Waals surface area contributed by atoms with E-state index in [1.807, 2.05) is 24.4 Å². The van der Waals surface area contributed by atoms with Gasteiger partial charge >= 0.3 is 0 Å². The predicted octanol–water partition coefficient (Wildman–Crippen LogP) is 3.29. The van der Waals surface area contributed by atoms with Gasteiger partial charge in [0.1, 0.15) is 0 Å². The van der Waals surface area contributed by atoms with E-state index < -0.39 is 0 Å². The van der Waals surface area contributed by atoms with Crippen LogP contribution in [0, 0.1) is 0 Å². The van der Waals surface area contributed by atoms with Gasteiger partial charge in [0.25, 0.3) is 0 Å². The van der Waals surface area contributed by atoms with Gasteiger partial charge in [0.05, 0.1) is 0 Å². The van der Waals surface area contributed by atoms with Gasteiger partial charge in [-0.05, 0) is 18.9 Å². The molecule has 1 aromatic rings. The average Bonchev–Trinajstić information content (AvgIpc) is 2.17. The Hall–Kier alpha value is -1.11. The largest absolute Gasteiger partial charge is 0.290 e. The second kappa shape index (κ2) is 5.52. The zero-order chi connectivity index (χ0) is 9.52. The van der Waals surface area contributed by atoms with Crippen LogP contribution >= 0.6 is 0 Å². The highest BCUT2D eigenvalue weighted by atomic mass is 14.7. The Morgan fingerprint density at radius 3 is 2.62 bits per heavy atom. The number of rotatable bonds is 4. The van der Waals surface area contributed by atoms with Crippen molar-refractivity contribution in [1.29, 1.82) is 0 Å². The minimum absolute atomic E-state index is 0.449. The van der Waals surface area contributed by atoms with Gasteiger partial charge in [0, 0.05) is 12.3 Å². The van der Waals surface area contributed by atoms with Crippen LogP contribution in [0.2, 0.25) is 0 Å². The molecule has 0 bridgehead atoms. The molecule has 0 aromatic heterocycles. The van der Waals surface area contributed by atoms with E-state index in [9.17, 15) is 0 Å². The molecule has 0 aliphatic heterocycles. The summed E-state index contributed by atoms with van der Waals surface area (Å²) in [6, 6.07) is 10.7. The fourth-order valence-corrected chi connectivity index (χ4v) is 1.24. The molecule has 0 aliphatic carbocycles. The number of nitrogens with zero attached hydrogens (tertiary/aromatic N) is 1. The van der Waals surface area contributed by atoms with Crippen LogP contribution in [0.25, 0.3) is 0 Å². The molecule has 70 valence electrons. The number of aliphatic imine (C=N–C) groups is 1. The van der Waals surface area contributed by atoms with Crippen molar-refractivity contribution in [2.45, 2.75) is 32.7 Å². The lowest BCUT2D eigenvalue weighted by Gasteiger charge is -2.01. The van der Waals surface area contributed by atoms with Crippen molar-refractivity contribution in [2.24, 2.45) is 4.99 Å². The fraction of sp³-hybridized carbons (Fsp3) is 0.417. The van der Waals surface area contributed by atoms with Crippen LogP contribution in [-0.2, 0) is 0 Å². The van der Waals surface area contributed by atoms with E-state index in [2.05, 4.69) is 31.0 Å². The maximum atomic E-state index is 4.46. The molecular formula is C12H17N. The van der Waals surface area contributed by atoms with Crippen LogP contribution in [0.5, 0.6) is 0 Å². The van der Waals surface area contributed by atoms with Gasteiger partial charge in [0.2, 0.25) is 0 Å². The molecule has 1 atom stereocenters. The third kappa shape index (κ3) is 3.88. The van der Waals surface area contributed by atoms with E-state index >= 15 is 0 Å². The quantitative estimate of drug-likeness (QED) is 0.623. The van der Waals surface area contributed by atoms with E-state index in [1.165, 1.54) is 18.4 Å². The summed E-state index contributed by atoms with van der Waals surface area (Å²) in [5.74, 6) is 0. The Morgan fingerprint density at radius 2 is 2.00 bits per heavy atom. The first-order valence-electron chi connectivity index (χ1n) is 4.91. The second-order valence-electron chi connectivity index (χ2n) is 3.33. The molecule has 1 rings (SSSR count). The minimum atomic E-state index is 0.449. The smallest absolute Gasteiger partial charge is 0.0471 e. The van der Waals surface area contributed by atoms with Crippen molar-refractivity contribution in [3.63, 3.8) is 0 Å². The van der Waals surface area contributed by atoms with Crippen LogP contribution in [0.4, 0.5) is 0 Å². The van der Waals surface area contributed by atoms with E-state index in [0.717, 1.165) is 0 Å². The summed E-state index contributed by atoms with van der Waals surface area (Å²) in [6.07, 6.45) is 4.33. The SMILES string of the molecule is CCCC(C)N=Cc1ccccc1. The molecule has 1 heteroatoms. The molecular weight excluding hydrogens is 158 g/mol. The lowest BCUT2D eigenvalue weighted by molar-refractivity contribution is 0.657. The van der Waals surface area contributed by atoms with Crippen molar-refractivity contribution in [2.75, 3.05) is 0 Å². The van der Waals surface area contributed by atoms with Crippen LogP contribution in [0.1, 0.15) is 32.3 Å². The number of hydrogen-bond donors (Lipinski definition) is 0. The fourth-order valence-electron chi connectivity index (χ4n) is 1.24. The van der Waals surface area contributed by atoms with Gasteiger partial charge in [-0.15, -0.1) is 0 Å². The van der Waals surface area contributed by atoms with E-state index in [-0.39, 0.29) is 0 Å². The molecule has 0 saturated heterocycles. The van der Waals surface area contributed by atoms with Crippen LogP contribution in [0.15, 0.2) is 35.3 Å². The lowest BCUT2D eigenvalue weighted by atomic mass is 10.2. The highest BCUT2D eigenvalue weighted by Crippen LogP contribution is 2.01. The van der Waals surface area contributed by atoms with Crippen LogP contribution in [0.3, 0.4) is 0 Å². The van der Waals surface area contributed by atoms with Gasteiger partial charge in [-0.1, -0.05) is 43.7 Å². The molecule has 0 saturated carbocycles. The third-order valence-electron chi connectivity index (χ3n) is 1.98. The van der Waals surface area contributed by atoms with Crippen LogP contribution < -0.4 is 0 Å². The monoisotopic (exact) mass is 175 g/mol. The van der Waals surface area contributed by atoms with Crippen molar-refractivity contribution in [1.82, 2.24) is 0 Å². The summed E-state index contributed by atoms with van der Waals surface area (Å²) >= 11 is 0. The second-order valence-corrected chi connectivity index (χ2v) is 3.33. The number of hydrogen-bond acceptors (Lipinski definition) is 1. The van der Waals surface area contributed by atoms with Gasteiger partial charge in [-0.3, -0.25) is 4.99 Å². The van der Waals surface area contributed by atoms with E-state index in [1.54, 1.807) is 0 Å². The summed E-state index contributed by atoms with van der Waals surface area (Å²) in [5.41, 5.74) is 1.19. The molecule has 0 aliphatic rings. The Morgan fingerprint density at radius 1 is 1.31 bits per heavy atom. The normalized spacial score (nSPS) is 13.4. The first kappa shape index (κ1) is 9.97. The van der Waals surface area contributed by atoms with Crippen molar-refractivity contribution in [3.8, 4) is 0 Å². The molecule has 13 heavy (non-hydrogen) atoms. The van der Waals surface area contributed by atoms with Crippen molar-refractivity contribution < 1.29 is 0 Å². The molecule has 0 N–H and O–H groups in total. The van der Waals surface area contributed by atoms with Gasteiger partial charge < -0.3 is 0 Å². The Labute approximate surface area is 80.5 Å².